The number of benzene rings is 3. The van der Waals surface area contributed by atoms with E-state index in [1.807, 2.05) is 30.0 Å². The number of hydrogen-bond donors (Lipinski definition) is 2. The fraction of sp³-hybridized carbons (Fsp3) is 0.200. The first-order chi connectivity index (χ1) is 15.1. The molecular formula is C25H25NO3S2. The summed E-state index contributed by atoms with van der Waals surface area (Å²) in [6.07, 6.45) is 0. The lowest BCUT2D eigenvalue weighted by atomic mass is 9.84. The van der Waals surface area contributed by atoms with E-state index in [0.717, 1.165) is 5.75 Å². The highest BCUT2D eigenvalue weighted by Gasteiger charge is 2.36. The van der Waals surface area contributed by atoms with E-state index in [1.165, 1.54) is 16.7 Å². The summed E-state index contributed by atoms with van der Waals surface area (Å²) in [5.74, 6) is -0.214. The van der Waals surface area contributed by atoms with Crippen LogP contribution in [0.3, 0.4) is 0 Å². The molecule has 0 aliphatic rings. The lowest BCUT2D eigenvalue weighted by Crippen LogP contribution is -2.31. The Bertz CT molecular complexity index is 869. The molecule has 3 aromatic rings. The zero-order valence-electron chi connectivity index (χ0n) is 17.1. The van der Waals surface area contributed by atoms with E-state index < -0.39 is 5.97 Å². The number of rotatable bonds is 11. The van der Waals surface area contributed by atoms with E-state index in [9.17, 15) is 4.79 Å². The highest BCUT2D eigenvalue weighted by molar-refractivity contribution is 8.00. The van der Waals surface area contributed by atoms with Gasteiger partial charge in [0.25, 0.3) is 0 Å². The second kappa shape index (κ2) is 11.6. The minimum absolute atomic E-state index is 0.105. The van der Waals surface area contributed by atoms with Crippen molar-refractivity contribution in [1.82, 2.24) is 5.32 Å². The summed E-state index contributed by atoms with van der Waals surface area (Å²) < 4.78 is 4.68. The van der Waals surface area contributed by atoms with Crippen LogP contribution in [0.15, 0.2) is 91.0 Å². The Hall–Kier alpha value is -2.67. The molecule has 0 saturated carbocycles. The highest BCUT2D eigenvalue weighted by atomic mass is 32.2. The lowest BCUT2D eigenvalue weighted by Gasteiger charge is -2.35. The molecule has 4 nitrogen and oxygen atoms in total. The van der Waals surface area contributed by atoms with Gasteiger partial charge in [-0.1, -0.05) is 103 Å². The summed E-state index contributed by atoms with van der Waals surface area (Å²) in [6, 6.07) is 31.6. The van der Waals surface area contributed by atoms with Crippen LogP contribution in [0.1, 0.15) is 16.7 Å². The van der Waals surface area contributed by atoms with E-state index in [4.69, 9.17) is 22.1 Å². The first-order valence-electron chi connectivity index (χ1n) is 9.99. The van der Waals surface area contributed by atoms with E-state index in [2.05, 4.69) is 78.1 Å². The first-order valence-corrected chi connectivity index (χ1v) is 11.4. The van der Waals surface area contributed by atoms with Gasteiger partial charge in [-0.05, 0) is 16.7 Å². The van der Waals surface area contributed by atoms with Crippen molar-refractivity contribution in [2.24, 2.45) is 0 Å². The third-order valence-corrected chi connectivity index (χ3v) is 6.55. The molecule has 160 valence electrons. The van der Waals surface area contributed by atoms with Gasteiger partial charge in [0, 0.05) is 12.3 Å². The molecule has 0 aliphatic heterocycles. The molecule has 3 rings (SSSR count). The molecule has 0 unspecified atom stereocenters. The van der Waals surface area contributed by atoms with Gasteiger partial charge >= 0.3 is 5.97 Å². The lowest BCUT2D eigenvalue weighted by molar-refractivity contribution is -0.141. The van der Waals surface area contributed by atoms with Gasteiger partial charge in [0.1, 0.15) is 11.6 Å². The minimum atomic E-state index is -1.00. The molecule has 31 heavy (non-hydrogen) atoms. The van der Waals surface area contributed by atoms with Crippen molar-refractivity contribution in [2.45, 2.75) is 4.75 Å². The number of hydrogen-bond acceptors (Lipinski definition) is 4. The molecule has 0 aliphatic carbocycles. The summed E-state index contributed by atoms with van der Waals surface area (Å²) >= 11 is 7.10. The van der Waals surface area contributed by atoms with Crippen LogP contribution in [0.5, 0.6) is 0 Å². The Labute approximate surface area is 192 Å². The van der Waals surface area contributed by atoms with Gasteiger partial charge < -0.3 is 15.2 Å². The summed E-state index contributed by atoms with van der Waals surface area (Å²) in [7, 11) is 0. The number of carboxylic acid groups (broad SMARTS) is 1. The van der Waals surface area contributed by atoms with Crippen LogP contribution in [-0.4, -0.2) is 41.6 Å². The number of ether oxygens (including phenoxy) is 1. The van der Waals surface area contributed by atoms with Crippen LogP contribution in [0, 0.1) is 0 Å². The maximum Gasteiger partial charge on any atom is 0.329 e. The summed E-state index contributed by atoms with van der Waals surface area (Å²) in [6.45, 7) is 0.400. The Morgan fingerprint density at radius 3 is 1.71 bits per heavy atom. The summed E-state index contributed by atoms with van der Waals surface area (Å²) in [5.41, 5.74) is 3.64. The molecule has 0 aromatic heterocycles. The number of thioether (sulfide) groups is 1. The van der Waals surface area contributed by atoms with E-state index in [1.54, 1.807) is 0 Å². The summed E-state index contributed by atoms with van der Waals surface area (Å²) in [5, 5.41) is 11.8. The second-order valence-corrected chi connectivity index (χ2v) is 8.67. The first kappa shape index (κ1) is 23.0. The quantitative estimate of drug-likeness (QED) is 0.250. The second-order valence-electron chi connectivity index (χ2n) is 6.86. The average Bonchev–Trinajstić information content (AvgIpc) is 2.81. The fourth-order valence-electron chi connectivity index (χ4n) is 3.45. The fourth-order valence-corrected chi connectivity index (χ4v) is 5.05. The predicted molar refractivity (Wildman–Crippen MR) is 131 cm³/mol. The Kier molecular flexibility index (Phi) is 8.64. The smallest absolute Gasteiger partial charge is 0.329 e. The van der Waals surface area contributed by atoms with Crippen molar-refractivity contribution in [1.29, 1.82) is 0 Å². The van der Waals surface area contributed by atoms with Crippen molar-refractivity contribution in [3.63, 3.8) is 0 Å². The topological polar surface area (TPSA) is 58.6 Å². The standard InChI is InChI=1S/C25H25NO3S2/c27-24(28)19-29-18-23(30)26-16-17-31-25(20-10-4-1-5-11-20,21-12-6-2-7-13-21)22-14-8-3-9-15-22/h1-15H,16-19H2,(H,26,30)(H,27,28). The number of nitrogens with one attached hydrogen (secondary N) is 1. The number of carbonyl (C=O) groups is 1. The largest absolute Gasteiger partial charge is 0.480 e. The average molecular weight is 452 g/mol. The SMILES string of the molecule is O=C(O)COCC(=S)NCCSC(c1ccccc1)(c1ccccc1)c1ccccc1. The number of carboxylic acids is 1. The third kappa shape index (κ3) is 6.17. The minimum Gasteiger partial charge on any atom is -0.480 e. The Morgan fingerprint density at radius 2 is 1.29 bits per heavy atom. The molecule has 0 heterocycles. The molecule has 0 saturated heterocycles. The summed E-state index contributed by atoms with van der Waals surface area (Å²) in [4.78, 5) is 11.1. The molecule has 0 amide bonds. The van der Waals surface area contributed by atoms with Crippen LogP contribution in [0.2, 0.25) is 0 Å². The van der Waals surface area contributed by atoms with Crippen LogP contribution in [0.25, 0.3) is 0 Å². The molecule has 0 fully saturated rings. The van der Waals surface area contributed by atoms with Crippen LogP contribution < -0.4 is 5.32 Å². The molecular weight excluding hydrogens is 426 g/mol. The van der Waals surface area contributed by atoms with Gasteiger partial charge in [-0.3, -0.25) is 0 Å². The van der Waals surface area contributed by atoms with E-state index in [0.29, 0.717) is 11.5 Å². The number of thiocarbonyl (C=S) groups is 1. The number of aliphatic carboxylic acids is 1. The van der Waals surface area contributed by atoms with Crippen molar-refractivity contribution >= 4 is 34.9 Å². The van der Waals surface area contributed by atoms with E-state index in [-0.39, 0.29) is 18.0 Å². The van der Waals surface area contributed by atoms with Crippen molar-refractivity contribution in [3.05, 3.63) is 108 Å². The predicted octanol–water partition coefficient (Wildman–Crippen LogP) is 4.73. The normalized spacial score (nSPS) is 11.1. The monoisotopic (exact) mass is 451 g/mol. The molecule has 3 aromatic carbocycles. The maximum atomic E-state index is 10.6. The van der Waals surface area contributed by atoms with Gasteiger partial charge in [-0.15, -0.1) is 11.8 Å². The third-order valence-electron chi connectivity index (χ3n) is 4.74. The van der Waals surface area contributed by atoms with Crippen LogP contribution >= 0.6 is 24.0 Å². The van der Waals surface area contributed by atoms with Gasteiger partial charge in [-0.25, -0.2) is 4.79 Å². The highest BCUT2D eigenvalue weighted by Crippen LogP contribution is 2.48. The zero-order chi connectivity index (χ0) is 21.9. The van der Waals surface area contributed by atoms with Gasteiger partial charge in [0.05, 0.1) is 11.4 Å². The molecule has 0 bridgehead atoms. The van der Waals surface area contributed by atoms with Crippen molar-refractivity contribution in [2.75, 3.05) is 25.5 Å². The van der Waals surface area contributed by atoms with Crippen LogP contribution in [-0.2, 0) is 14.3 Å². The van der Waals surface area contributed by atoms with Gasteiger partial charge in [0.2, 0.25) is 0 Å². The Morgan fingerprint density at radius 1 is 0.839 bits per heavy atom. The van der Waals surface area contributed by atoms with E-state index >= 15 is 0 Å². The molecule has 0 atom stereocenters. The Balaban J connectivity index is 1.82. The van der Waals surface area contributed by atoms with Crippen molar-refractivity contribution in [3.8, 4) is 0 Å². The zero-order valence-corrected chi connectivity index (χ0v) is 18.7. The van der Waals surface area contributed by atoms with Crippen LogP contribution in [0.4, 0.5) is 0 Å². The molecule has 2 N–H and O–H groups in total. The molecule has 0 radical (unpaired) electrons. The van der Waals surface area contributed by atoms with Crippen molar-refractivity contribution < 1.29 is 14.6 Å². The molecule has 0 spiro atoms. The van der Waals surface area contributed by atoms with Gasteiger partial charge in [0.15, 0.2) is 0 Å². The molecule has 6 heteroatoms. The maximum absolute atomic E-state index is 10.6. The van der Waals surface area contributed by atoms with Gasteiger partial charge in [-0.2, -0.15) is 0 Å².